The van der Waals surface area contributed by atoms with E-state index in [1.807, 2.05) is 18.2 Å². The number of rotatable bonds is 5. The summed E-state index contributed by atoms with van der Waals surface area (Å²) < 4.78 is 1.22. The molecular formula is C16H22ClN3OS. The first-order chi connectivity index (χ1) is 10.3. The third-order valence-electron chi connectivity index (χ3n) is 3.93. The predicted octanol–water partition coefficient (Wildman–Crippen LogP) is 2.77. The van der Waals surface area contributed by atoms with Crippen LogP contribution in [0, 0.1) is 5.92 Å². The highest BCUT2D eigenvalue weighted by Crippen LogP contribution is 2.21. The fourth-order valence-corrected chi connectivity index (χ4v) is 3.72. The van der Waals surface area contributed by atoms with E-state index in [9.17, 15) is 4.79 Å². The number of amides is 1. The second kappa shape index (κ2) is 8.46. The number of piperidine rings is 1. The van der Waals surface area contributed by atoms with Gasteiger partial charge in [-0.15, -0.1) is 23.7 Å². The van der Waals surface area contributed by atoms with Crippen molar-refractivity contribution in [3.05, 3.63) is 29.3 Å². The van der Waals surface area contributed by atoms with Crippen LogP contribution >= 0.6 is 23.7 Å². The van der Waals surface area contributed by atoms with E-state index in [0.29, 0.717) is 18.9 Å². The number of thiazole rings is 1. The van der Waals surface area contributed by atoms with Crippen LogP contribution in [-0.4, -0.2) is 30.5 Å². The molecule has 1 fully saturated rings. The van der Waals surface area contributed by atoms with Crippen LogP contribution in [0.5, 0.6) is 0 Å². The van der Waals surface area contributed by atoms with E-state index < -0.39 is 0 Å². The molecule has 3 rings (SSSR count). The molecule has 1 saturated heterocycles. The minimum atomic E-state index is 0. The molecule has 2 aromatic rings. The van der Waals surface area contributed by atoms with Crippen molar-refractivity contribution in [1.82, 2.24) is 15.6 Å². The molecule has 0 aliphatic carbocycles. The Bertz CT molecular complexity index is 577. The molecule has 2 N–H and O–H groups in total. The maximum Gasteiger partial charge on any atom is 0.220 e. The zero-order valence-corrected chi connectivity index (χ0v) is 14.1. The lowest BCUT2D eigenvalue weighted by atomic mass is 9.94. The third kappa shape index (κ3) is 4.66. The first-order valence-corrected chi connectivity index (χ1v) is 8.45. The molecule has 0 unspecified atom stereocenters. The lowest BCUT2D eigenvalue weighted by Crippen LogP contribution is -2.32. The van der Waals surface area contributed by atoms with Crippen LogP contribution < -0.4 is 10.6 Å². The Balaban J connectivity index is 0.00000176. The Labute approximate surface area is 141 Å². The monoisotopic (exact) mass is 339 g/mol. The second-order valence-corrected chi connectivity index (χ2v) is 6.69. The number of para-hydroxylation sites is 1. The van der Waals surface area contributed by atoms with Crippen LogP contribution in [0.1, 0.15) is 24.3 Å². The van der Waals surface area contributed by atoms with E-state index in [0.717, 1.165) is 42.9 Å². The maximum absolute atomic E-state index is 11.9. The summed E-state index contributed by atoms with van der Waals surface area (Å²) in [7, 11) is 0. The largest absolute Gasteiger partial charge is 0.356 e. The van der Waals surface area contributed by atoms with E-state index in [1.165, 1.54) is 4.70 Å². The number of nitrogens with zero attached hydrogens (tertiary/aromatic N) is 1. The summed E-state index contributed by atoms with van der Waals surface area (Å²) >= 11 is 1.71. The van der Waals surface area contributed by atoms with E-state index in [1.54, 1.807) is 11.3 Å². The molecule has 1 aromatic carbocycles. The van der Waals surface area contributed by atoms with E-state index in [4.69, 9.17) is 0 Å². The first-order valence-electron chi connectivity index (χ1n) is 7.63. The molecule has 1 aromatic heterocycles. The zero-order valence-electron chi connectivity index (χ0n) is 12.5. The number of aromatic nitrogens is 1. The molecule has 6 heteroatoms. The molecule has 0 bridgehead atoms. The quantitative estimate of drug-likeness (QED) is 0.880. The topological polar surface area (TPSA) is 54.0 Å². The summed E-state index contributed by atoms with van der Waals surface area (Å²) in [5.41, 5.74) is 1.05. The summed E-state index contributed by atoms with van der Waals surface area (Å²) in [5, 5.41) is 7.45. The van der Waals surface area contributed by atoms with Gasteiger partial charge >= 0.3 is 0 Å². The number of carbonyl (C=O) groups excluding carboxylic acids is 1. The molecule has 4 nitrogen and oxygen atoms in total. The molecule has 1 aliphatic rings. The van der Waals surface area contributed by atoms with Gasteiger partial charge in [-0.2, -0.15) is 0 Å². The number of hydrogen-bond donors (Lipinski definition) is 2. The molecule has 0 saturated carbocycles. The molecule has 22 heavy (non-hydrogen) atoms. The van der Waals surface area contributed by atoms with Gasteiger partial charge in [-0.3, -0.25) is 4.79 Å². The van der Waals surface area contributed by atoms with Crippen LogP contribution in [0.2, 0.25) is 0 Å². The standard InChI is InChI=1S/C16H21N3OS.ClH/c20-15(11-12-5-8-17-9-6-12)18-10-7-16-19-13-3-1-2-4-14(13)21-16;/h1-4,12,17H,5-11H2,(H,18,20);1H. The molecule has 2 heterocycles. The van der Waals surface area contributed by atoms with Gasteiger partial charge in [-0.05, 0) is 44.0 Å². The highest BCUT2D eigenvalue weighted by Gasteiger charge is 2.16. The summed E-state index contributed by atoms with van der Waals surface area (Å²) in [6.07, 6.45) is 3.72. The number of nitrogens with one attached hydrogen (secondary N) is 2. The van der Waals surface area contributed by atoms with E-state index >= 15 is 0 Å². The van der Waals surface area contributed by atoms with Crippen LogP contribution in [0.3, 0.4) is 0 Å². The summed E-state index contributed by atoms with van der Waals surface area (Å²) in [6, 6.07) is 8.16. The van der Waals surface area contributed by atoms with Crippen LogP contribution in [0.4, 0.5) is 0 Å². The number of fused-ring (bicyclic) bond motifs is 1. The van der Waals surface area contributed by atoms with Gasteiger partial charge in [-0.25, -0.2) is 4.98 Å². The summed E-state index contributed by atoms with van der Waals surface area (Å²) in [4.78, 5) is 16.5. The van der Waals surface area contributed by atoms with Gasteiger partial charge in [-0.1, -0.05) is 12.1 Å². The normalized spacial score (nSPS) is 15.5. The predicted molar refractivity (Wildman–Crippen MR) is 93.8 cm³/mol. The number of benzene rings is 1. The van der Waals surface area contributed by atoms with Gasteiger partial charge in [0.1, 0.15) is 0 Å². The first kappa shape index (κ1) is 17.2. The van der Waals surface area contributed by atoms with E-state index in [-0.39, 0.29) is 18.3 Å². The van der Waals surface area contributed by atoms with Crippen molar-refractivity contribution < 1.29 is 4.79 Å². The summed E-state index contributed by atoms with van der Waals surface area (Å²) in [6.45, 7) is 2.77. The van der Waals surface area contributed by atoms with E-state index in [2.05, 4.69) is 21.7 Å². The van der Waals surface area contributed by atoms with Crippen molar-refractivity contribution in [2.75, 3.05) is 19.6 Å². The van der Waals surface area contributed by atoms with Crippen molar-refractivity contribution in [3.8, 4) is 0 Å². The highest BCUT2D eigenvalue weighted by molar-refractivity contribution is 7.18. The van der Waals surface area contributed by atoms with Crippen LogP contribution in [0.25, 0.3) is 10.2 Å². The second-order valence-electron chi connectivity index (χ2n) is 5.57. The lowest BCUT2D eigenvalue weighted by Gasteiger charge is -2.21. The Morgan fingerprint density at radius 2 is 2.09 bits per heavy atom. The Kier molecular flexibility index (Phi) is 6.61. The van der Waals surface area contributed by atoms with Crippen molar-refractivity contribution in [2.24, 2.45) is 5.92 Å². The molecule has 1 aliphatic heterocycles. The average Bonchev–Trinajstić information content (AvgIpc) is 2.91. The van der Waals surface area contributed by atoms with Crippen LogP contribution in [-0.2, 0) is 11.2 Å². The van der Waals surface area contributed by atoms with Gasteiger partial charge in [0.15, 0.2) is 0 Å². The molecule has 120 valence electrons. The van der Waals surface area contributed by atoms with Crippen molar-refractivity contribution in [3.63, 3.8) is 0 Å². The lowest BCUT2D eigenvalue weighted by molar-refractivity contribution is -0.122. The van der Waals surface area contributed by atoms with Gasteiger partial charge in [0.25, 0.3) is 0 Å². The van der Waals surface area contributed by atoms with Gasteiger partial charge in [0, 0.05) is 19.4 Å². The van der Waals surface area contributed by atoms with Gasteiger partial charge in [0.2, 0.25) is 5.91 Å². The molecule has 0 spiro atoms. The average molecular weight is 340 g/mol. The SMILES string of the molecule is Cl.O=C(CC1CCNCC1)NCCc1nc2ccccc2s1. The number of halogens is 1. The number of hydrogen-bond acceptors (Lipinski definition) is 4. The minimum absolute atomic E-state index is 0. The third-order valence-corrected chi connectivity index (χ3v) is 5.03. The van der Waals surface area contributed by atoms with Gasteiger partial charge < -0.3 is 10.6 Å². The van der Waals surface area contributed by atoms with Crippen LogP contribution in [0.15, 0.2) is 24.3 Å². The smallest absolute Gasteiger partial charge is 0.220 e. The maximum atomic E-state index is 11.9. The Morgan fingerprint density at radius 3 is 2.86 bits per heavy atom. The van der Waals surface area contributed by atoms with Crippen molar-refractivity contribution >= 4 is 39.9 Å². The fourth-order valence-electron chi connectivity index (χ4n) is 2.76. The van der Waals surface area contributed by atoms with Crippen molar-refractivity contribution in [2.45, 2.75) is 25.7 Å². The number of carbonyl (C=O) groups is 1. The highest BCUT2D eigenvalue weighted by atomic mass is 35.5. The summed E-state index contributed by atoms with van der Waals surface area (Å²) in [5.74, 6) is 0.733. The van der Waals surface area contributed by atoms with Gasteiger partial charge in [0.05, 0.1) is 15.2 Å². The molecular weight excluding hydrogens is 318 g/mol. The molecule has 0 radical (unpaired) electrons. The fraction of sp³-hybridized carbons (Fsp3) is 0.500. The molecule has 1 amide bonds. The van der Waals surface area contributed by atoms with Crippen molar-refractivity contribution in [1.29, 1.82) is 0 Å². The zero-order chi connectivity index (χ0) is 14.5. The Hall–Kier alpha value is -1.17. The Morgan fingerprint density at radius 1 is 1.32 bits per heavy atom. The molecule has 0 atom stereocenters. The minimum Gasteiger partial charge on any atom is -0.356 e.